The SMILES string of the molecule is CC(C)CNCCN1CCCC(C)CC1. The second-order valence-electron chi connectivity index (χ2n) is 5.48. The molecule has 1 saturated heterocycles. The molecule has 1 fully saturated rings. The van der Waals surface area contributed by atoms with E-state index in [0.29, 0.717) is 0 Å². The van der Waals surface area contributed by atoms with Crippen LogP contribution < -0.4 is 5.32 Å². The van der Waals surface area contributed by atoms with Crippen molar-refractivity contribution in [3.63, 3.8) is 0 Å². The van der Waals surface area contributed by atoms with Crippen LogP contribution in [0, 0.1) is 11.8 Å². The molecule has 90 valence electrons. The molecule has 1 atom stereocenters. The molecule has 1 aliphatic rings. The van der Waals surface area contributed by atoms with Crippen LogP contribution in [0.1, 0.15) is 40.0 Å². The Labute approximate surface area is 95.4 Å². The van der Waals surface area contributed by atoms with Crippen LogP contribution in [0.5, 0.6) is 0 Å². The molecule has 0 bridgehead atoms. The fourth-order valence-corrected chi connectivity index (χ4v) is 2.17. The number of rotatable bonds is 5. The zero-order valence-electron chi connectivity index (χ0n) is 10.8. The first-order valence-electron chi connectivity index (χ1n) is 6.61. The average Bonchev–Trinajstić information content (AvgIpc) is 2.38. The molecule has 0 aromatic heterocycles. The number of hydrogen-bond acceptors (Lipinski definition) is 2. The lowest BCUT2D eigenvalue weighted by Crippen LogP contribution is -2.34. The molecule has 0 aromatic carbocycles. The maximum Gasteiger partial charge on any atom is 0.0107 e. The van der Waals surface area contributed by atoms with E-state index in [1.54, 1.807) is 0 Å². The molecule has 15 heavy (non-hydrogen) atoms. The van der Waals surface area contributed by atoms with Crippen molar-refractivity contribution in [2.45, 2.75) is 40.0 Å². The van der Waals surface area contributed by atoms with Crippen LogP contribution in [-0.4, -0.2) is 37.6 Å². The van der Waals surface area contributed by atoms with Gasteiger partial charge in [0.25, 0.3) is 0 Å². The summed E-state index contributed by atoms with van der Waals surface area (Å²) in [6.07, 6.45) is 4.21. The first-order chi connectivity index (χ1) is 7.18. The Balaban J connectivity index is 2.05. The van der Waals surface area contributed by atoms with Crippen LogP contribution in [0.3, 0.4) is 0 Å². The van der Waals surface area contributed by atoms with Gasteiger partial charge in [-0.15, -0.1) is 0 Å². The third-order valence-corrected chi connectivity index (χ3v) is 3.27. The number of hydrogen-bond donors (Lipinski definition) is 1. The molecule has 0 spiro atoms. The number of nitrogens with one attached hydrogen (secondary N) is 1. The van der Waals surface area contributed by atoms with Crippen molar-refractivity contribution in [3.8, 4) is 0 Å². The Hall–Kier alpha value is -0.0800. The van der Waals surface area contributed by atoms with E-state index in [-0.39, 0.29) is 0 Å². The summed E-state index contributed by atoms with van der Waals surface area (Å²) in [6, 6.07) is 0. The van der Waals surface area contributed by atoms with Crippen molar-refractivity contribution in [2.75, 3.05) is 32.7 Å². The van der Waals surface area contributed by atoms with Gasteiger partial charge in [-0.05, 0) is 50.7 Å². The summed E-state index contributed by atoms with van der Waals surface area (Å²) in [5.74, 6) is 1.72. The van der Waals surface area contributed by atoms with Gasteiger partial charge in [0.05, 0.1) is 0 Å². The number of nitrogens with zero attached hydrogens (tertiary/aromatic N) is 1. The van der Waals surface area contributed by atoms with Gasteiger partial charge < -0.3 is 10.2 Å². The minimum Gasteiger partial charge on any atom is -0.315 e. The molecule has 2 nitrogen and oxygen atoms in total. The summed E-state index contributed by atoms with van der Waals surface area (Å²) in [4.78, 5) is 2.62. The predicted molar refractivity (Wildman–Crippen MR) is 67.2 cm³/mol. The lowest BCUT2D eigenvalue weighted by molar-refractivity contribution is 0.279. The van der Waals surface area contributed by atoms with Crippen LogP contribution >= 0.6 is 0 Å². The van der Waals surface area contributed by atoms with Gasteiger partial charge in [0, 0.05) is 13.1 Å². The summed E-state index contributed by atoms with van der Waals surface area (Å²) in [6.45, 7) is 13.1. The summed E-state index contributed by atoms with van der Waals surface area (Å²) in [5.41, 5.74) is 0. The Kier molecular flexibility index (Phi) is 6.26. The molecule has 1 aliphatic heterocycles. The van der Waals surface area contributed by atoms with Gasteiger partial charge in [0.2, 0.25) is 0 Å². The average molecular weight is 212 g/mol. The van der Waals surface area contributed by atoms with E-state index in [4.69, 9.17) is 0 Å². The second-order valence-corrected chi connectivity index (χ2v) is 5.48. The van der Waals surface area contributed by atoms with Gasteiger partial charge in [0.15, 0.2) is 0 Å². The highest BCUT2D eigenvalue weighted by Crippen LogP contribution is 2.15. The summed E-state index contributed by atoms with van der Waals surface area (Å²) in [5, 5.41) is 3.52. The van der Waals surface area contributed by atoms with E-state index in [2.05, 4.69) is 31.0 Å². The molecule has 2 heteroatoms. The fourth-order valence-electron chi connectivity index (χ4n) is 2.17. The highest BCUT2D eigenvalue weighted by Gasteiger charge is 2.12. The Morgan fingerprint density at radius 2 is 2.07 bits per heavy atom. The summed E-state index contributed by atoms with van der Waals surface area (Å²) >= 11 is 0. The molecular weight excluding hydrogens is 184 g/mol. The molecule has 1 heterocycles. The van der Waals surface area contributed by atoms with E-state index in [1.807, 2.05) is 0 Å². The summed E-state index contributed by atoms with van der Waals surface area (Å²) in [7, 11) is 0. The normalized spacial score (nSPS) is 24.4. The standard InChI is InChI=1S/C13H28N2/c1-12(2)11-14-7-10-15-8-4-5-13(3)6-9-15/h12-14H,4-11H2,1-3H3. The van der Waals surface area contributed by atoms with Gasteiger partial charge in [0.1, 0.15) is 0 Å². The van der Waals surface area contributed by atoms with Crippen molar-refractivity contribution < 1.29 is 0 Å². The smallest absolute Gasteiger partial charge is 0.0107 e. The molecule has 1 rings (SSSR count). The van der Waals surface area contributed by atoms with Crippen molar-refractivity contribution in [1.82, 2.24) is 10.2 Å². The van der Waals surface area contributed by atoms with Crippen LogP contribution in [0.25, 0.3) is 0 Å². The second kappa shape index (κ2) is 7.24. The zero-order valence-corrected chi connectivity index (χ0v) is 10.8. The van der Waals surface area contributed by atoms with Crippen LogP contribution in [0.4, 0.5) is 0 Å². The molecule has 0 saturated carbocycles. The molecular formula is C13H28N2. The highest BCUT2D eigenvalue weighted by molar-refractivity contribution is 4.68. The topological polar surface area (TPSA) is 15.3 Å². The lowest BCUT2D eigenvalue weighted by Gasteiger charge is -2.20. The first kappa shape index (κ1) is 13.0. The fraction of sp³-hybridized carbons (Fsp3) is 1.00. The van der Waals surface area contributed by atoms with E-state index in [1.165, 1.54) is 38.9 Å². The van der Waals surface area contributed by atoms with Crippen LogP contribution in [0.15, 0.2) is 0 Å². The van der Waals surface area contributed by atoms with Crippen LogP contribution in [-0.2, 0) is 0 Å². The minimum atomic E-state index is 0.772. The van der Waals surface area contributed by atoms with E-state index < -0.39 is 0 Å². The first-order valence-corrected chi connectivity index (χ1v) is 6.61. The number of likely N-dealkylation sites (tertiary alicyclic amines) is 1. The molecule has 0 aliphatic carbocycles. The van der Waals surface area contributed by atoms with Crippen molar-refractivity contribution in [1.29, 1.82) is 0 Å². The van der Waals surface area contributed by atoms with E-state index in [0.717, 1.165) is 24.9 Å². The Bertz CT molecular complexity index is 157. The third-order valence-electron chi connectivity index (χ3n) is 3.27. The zero-order chi connectivity index (χ0) is 11.1. The minimum absolute atomic E-state index is 0.772. The Morgan fingerprint density at radius 3 is 2.80 bits per heavy atom. The van der Waals surface area contributed by atoms with Gasteiger partial charge in [-0.2, -0.15) is 0 Å². The third kappa shape index (κ3) is 6.16. The Morgan fingerprint density at radius 1 is 1.27 bits per heavy atom. The van der Waals surface area contributed by atoms with Crippen LogP contribution in [0.2, 0.25) is 0 Å². The molecule has 0 amide bonds. The van der Waals surface area contributed by atoms with Gasteiger partial charge >= 0.3 is 0 Å². The summed E-state index contributed by atoms with van der Waals surface area (Å²) < 4.78 is 0. The van der Waals surface area contributed by atoms with Crippen molar-refractivity contribution in [2.24, 2.45) is 11.8 Å². The quantitative estimate of drug-likeness (QED) is 0.704. The molecule has 1 unspecified atom stereocenters. The van der Waals surface area contributed by atoms with Gasteiger partial charge in [-0.3, -0.25) is 0 Å². The lowest BCUT2D eigenvalue weighted by atomic mass is 10.0. The van der Waals surface area contributed by atoms with Crippen molar-refractivity contribution in [3.05, 3.63) is 0 Å². The monoisotopic (exact) mass is 212 g/mol. The van der Waals surface area contributed by atoms with E-state index in [9.17, 15) is 0 Å². The van der Waals surface area contributed by atoms with Gasteiger partial charge in [-0.25, -0.2) is 0 Å². The molecule has 1 N–H and O–H groups in total. The molecule has 0 radical (unpaired) electrons. The predicted octanol–water partition coefficient (Wildman–Crippen LogP) is 2.35. The maximum atomic E-state index is 3.52. The van der Waals surface area contributed by atoms with Gasteiger partial charge in [-0.1, -0.05) is 20.8 Å². The largest absolute Gasteiger partial charge is 0.315 e. The highest BCUT2D eigenvalue weighted by atomic mass is 15.1. The molecule has 0 aromatic rings. The van der Waals surface area contributed by atoms with E-state index >= 15 is 0 Å². The van der Waals surface area contributed by atoms with Crippen molar-refractivity contribution >= 4 is 0 Å². The maximum absolute atomic E-state index is 3.52.